The number of primary amides is 1. The van der Waals surface area contributed by atoms with E-state index in [9.17, 15) is 9.59 Å². The number of nitrogens with two attached hydrogens (primary N) is 1. The number of carbonyl (C=O) groups is 2. The van der Waals surface area contributed by atoms with Crippen molar-refractivity contribution in [3.8, 4) is 0 Å². The summed E-state index contributed by atoms with van der Waals surface area (Å²) in [6, 6.07) is 7.57. The molecule has 0 fully saturated rings. The van der Waals surface area contributed by atoms with Crippen LogP contribution in [0.15, 0.2) is 28.7 Å². The highest BCUT2D eigenvalue weighted by molar-refractivity contribution is 9.10. The Kier molecular flexibility index (Phi) is 5.55. The van der Waals surface area contributed by atoms with Crippen molar-refractivity contribution in [2.45, 2.75) is 24.7 Å². The molecule has 0 unspecified atom stereocenters. The fourth-order valence-corrected chi connectivity index (χ4v) is 2.09. The Balaban J connectivity index is 2.89. The first-order valence-electron chi connectivity index (χ1n) is 5.71. The number of hydrogen-bond donors (Lipinski definition) is 1. The first kappa shape index (κ1) is 16.2. The van der Waals surface area contributed by atoms with Crippen molar-refractivity contribution in [1.29, 1.82) is 0 Å². The fourth-order valence-electron chi connectivity index (χ4n) is 1.57. The number of rotatable bonds is 5. The van der Waals surface area contributed by atoms with Crippen LogP contribution in [-0.4, -0.2) is 27.6 Å². The number of nitrogens with zero attached hydrogens (tertiary/aromatic N) is 1. The fraction of sp³-hybridized carbons (Fsp3) is 0.385. The van der Waals surface area contributed by atoms with Crippen LogP contribution in [0.3, 0.4) is 0 Å². The average Bonchev–Trinajstić information content (AvgIpc) is 2.28. The van der Waals surface area contributed by atoms with Crippen molar-refractivity contribution in [2.75, 3.05) is 6.54 Å². The molecule has 0 atom stereocenters. The zero-order valence-electron chi connectivity index (χ0n) is 10.8. The van der Waals surface area contributed by atoms with Crippen molar-refractivity contribution in [3.63, 3.8) is 0 Å². The highest BCUT2D eigenvalue weighted by atomic mass is 79.9. The van der Waals surface area contributed by atoms with Crippen LogP contribution in [0.4, 0.5) is 0 Å². The minimum Gasteiger partial charge on any atom is -0.368 e. The first-order chi connectivity index (χ1) is 8.70. The van der Waals surface area contributed by atoms with E-state index >= 15 is 0 Å². The zero-order chi connectivity index (χ0) is 14.6. The summed E-state index contributed by atoms with van der Waals surface area (Å²) in [5.74, 6) is -0.698. The van der Waals surface area contributed by atoms with Crippen LogP contribution in [0.25, 0.3) is 0 Å². The normalized spacial score (nSPS) is 11.2. The SMILES string of the molecule is CC(C)(Br)C(=O)N(CC(N)=O)Cc1ccc(Br)cc1. The van der Waals surface area contributed by atoms with Crippen LogP contribution in [0.2, 0.25) is 0 Å². The summed E-state index contributed by atoms with van der Waals surface area (Å²) >= 11 is 6.66. The highest BCUT2D eigenvalue weighted by Gasteiger charge is 2.29. The molecular weight excluding hydrogens is 376 g/mol. The number of alkyl halides is 1. The molecule has 2 N–H and O–H groups in total. The molecule has 0 saturated carbocycles. The molecule has 1 aromatic rings. The summed E-state index contributed by atoms with van der Waals surface area (Å²) in [5, 5.41) is 0. The van der Waals surface area contributed by atoms with Crippen LogP contribution in [0.1, 0.15) is 19.4 Å². The summed E-state index contributed by atoms with van der Waals surface area (Å²) in [6.07, 6.45) is 0. The summed E-state index contributed by atoms with van der Waals surface area (Å²) in [7, 11) is 0. The second-order valence-electron chi connectivity index (χ2n) is 4.73. The van der Waals surface area contributed by atoms with E-state index in [-0.39, 0.29) is 12.5 Å². The summed E-state index contributed by atoms with van der Waals surface area (Å²) in [5.41, 5.74) is 6.14. The topological polar surface area (TPSA) is 63.4 Å². The van der Waals surface area contributed by atoms with Gasteiger partial charge in [-0.2, -0.15) is 0 Å². The number of carbonyl (C=O) groups excluding carboxylic acids is 2. The van der Waals surface area contributed by atoms with Crippen molar-refractivity contribution in [1.82, 2.24) is 4.90 Å². The maximum Gasteiger partial charge on any atom is 0.239 e. The quantitative estimate of drug-likeness (QED) is 0.783. The van der Waals surface area contributed by atoms with Gasteiger partial charge in [-0.15, -0.1) is 0 Å². The minimum atomic E-state index is -0.724. The van der Waals surface area contributed by atoms with Gasteiger partial charge in [-0.05, 0) is 31.5 Å². The van der Waals surface area contributed by atoms with Crippen molar-refractivity contribution < 1.29 is 9.59 Å². The molecule has 1 rings (SSSR count). The smallest absolute Gasteiger partial charge is 0.239 e. The molecule has 2 amide bonds. The van der Waals surface area contributed by atoms with Gasteiger partial charge in [0.15, 0.2) is 0 Å². The summed E-state index contributed by atoms with van der Waals surface area (Å²) in [6.45, 7) is 3.74. The predicted molar refractivity (Wildman–Crippen MR) is 81.8 cm³/mol. The third-order valence-electron chi connectivity index (χ3n) is 2.43. The van der Waals surface area contributed by atoms with Gasteiger partial charge in [-0.25, -0.2) is 0 Å². The van der Waals surface area contributed by atoms with Gasteiger partial charge in [0.2, 0.25) is 11.8 Å². The molecule has 19 heavy (non-hydrogen) atoms. The van der Waals surface area contributed by atoms with Gasteiger partial charge >= 0.3 is 0 Å². The van der Waals surface area contributed by atoms with Crippen molar-refractivity contribution in [3.05, 3.63) is 34.3 Å². The third kappa shape index (κ3) is 5.32. The van der Waals surface area contributed by atoms with Crippen LogP contribution >= 0.6 is 31.9 Å². The molecule has 104 valence electrons. The molecule has 4 nitrogen and oxygen atoms in total. The van der Waals surface area contributed by atoms with Gasteiger partial charge in [0.05, 0.1) is 10.9 Å². The Bertz CT molecular complexity index is 467. The van der Waals surface area contributed by atoms with E-state index in [0.29, 0.717) is 6.54 Å². The molecule has 0 bridgehead atoms. The number of halogens is 2. The van der Waals surface area contributed by atoms with E-state index in [1.54, 1.807) is 13.8 Å². The van der Waals surface area contributed by atoms with E-state index in [4.69, 9.17) is 5.73 Å². The Hall–Kier alpha value is -0.880. The summed E-state index contributed by atoms with van der Waals surface area (Å²) < 4.78 is 0.238. The molecule has 0 saturated heterocycles. The van der Waals surface area contributed by atoms with Gasteiger partial charge < -0.3 is 10.6 Å². The van der Waals surface area contributed by atoms with Crippen molar-refractivity contribution >= 4 is 43.7 Å². The third-order valence-corrected chi connectivity index (χ3v) is 3.30. The Morgan fingerprint density at radius 2 is 1.79 bits per heavy atom. The van der Waals surface area contributed by atoms with Gasteiger partial charge in [0.1, 0.15) is 0 Å². The molecule has 1 aromatic carbocycles. The molecule has 0 aliphatic carbocycles. The molecule has 0 heterocycles. The first-order valence-corrected chi connectivity index (χ1v) is 7.30. The standard InChI is InChI=1S/C13H16Br2N2O2/c1-13(2,15)12(19)17(8-11(16)18)7-9-3-5-10(14)6-4-9/h3-6H,7-8H2,1-2H3,(H2,16,18). The monoisotopic (exact) mass is 390 g/mol. The number of hydrogen-bond acceptors (Lipinski definition) is 2. The molecule has 0 radical (unpaired) electrons. The van der Waals surface area contributed by atoms with Gasteiger partial charge in [0.25, 0.3) is 0 Å². The lowest BCUT2D eigenvalue weighted by atomic mass is 10.1. The molecule has 0 aromatic heterocycles. The average molecular weight is 392 g/mol. The second kappa shape index (κ2) is 6.52. The second-order valence-corrected chi connectivity index (χ2v) is 7.62. The molecule has 6 heteroatoms. The lowest BCUT2D eigenvalue weighted by Gasteiger charge is -2.27. The van der Waals surface area contributed by atoms with Crippen molar-refractivity contribution in [2.24, 2.45) is 5.73 Å². The lowest BCUT2D eigenvalue weighted by molar-refractivity contribution is -0.137. The minimum absolute atomic E-state index is 0.0933. The molecule has 0 spiro atoms. The van der Waals surface area contributed by atoms with E-state index in [1.165, 1.54) is 4.90 Å². The Morgan fingerprint density at radius 3 is 2.21 bits per heavy atom. The zero-order valence-corrected chi connectivity index (χ0v) is 14.0. The number of benzene rings is 1. The van der Waals surface area contributed by atoms with E-state index in [2.05, 4.69) is 31.9 Å². The van der Waals surface area contributed by atoms with E-state index in [0.717, 1.165) is 10.0 Å². The predicted octanol–water partition coefficient (Wildman–Crippen LogP) is 2.44. The molecular formula is C13H16Br2N2O2. The summed E-state index contributed by atoms with van der Waals surface area (Å²) in [4.78, 5) is 24.8. The van der Waals surface area contributed by atoms with Crippen LogP contribution in [0, 0.1) is 0 Å². The number of amides is 2. The van der Waals surface area contributed by atoms with Crippen LogP contribution < -0.4 is 5.73 Å². The van der Waals surface area contributed by atoms with Crippen LogP contribution in [-0.2, 0) is 16.1 Å². The molecule has 0 aliphatic rings. The lowest BCUT2D eigenvalue weighted by Crippen LogP contribution is -2.45. The van der Waals surface area contributed by atoms with E-state index in [1.807, 2.05) is 24.3 Å². The Labute approximate surface area is 129 Å². The van der Waals surface area contributed by atoms with Gasteiger partial charge in [-0.3, -0.25) is 9.59 Å². The molecule has 0 aliphatic heterocycles. The largest absolute Gasteiger partial charge is 0.368 e. The maximum absolute atomic E-state index is 12.2. The van der Waals surface area contributed by atoms with Gasteiger partial charge in [0, 0.05) is 11.0 Å². The Morgan fingerprint density at radius 1 is 1.26 bits per heavy atom. The highest BCUT2D eigenvalue weighted by Crippen LogP contribution is 2.21. The van der Waals surface area contributed by atoms with E-state index < -0.39 is 10.2 Å². The van der Waals surface area contributed by atoms with Crippen LogP contribution in [0.5, 0.6) is 0 Å². The maximum atomic E-state index is 12.2. The van der Waals surface area contributed by atoms with Gasteiger partial charge in [-0.1, -0.05) is 44.0 Å².